The van der Waals surface area contributed by atoms with Crippen LogP contribution in [0.4, 0.5) is 0 Å². The van der Waals surface area contributed by atoms with Crippen molar-refractivity contribution in [2.75, 3.05) is 0 Å². The number of rotatable bonds is 3. The summed E-state index contributed by atoms with van der Waals surface area (Å²) >= 11 is 0. The summed E-state index contributed by atoms with van der Waals surface area (Å²) in [6, 6.07) is 11.1. The normalized spacial score (nSPS) is 10.2. The molecule has 1 heterocycles. The number of hydrogen-bond acceptors (Lipinski definition) is 2. The number of carbonyl (C=O) groups is 1. The van der Waals surface area contributed by atoms with Gasteiger partial charge in [0.25, 0.3) is 0 Å². The molecule has 1 N–H and O–H groups in total. The van der Waals surface area contributed by atoms with Crippen molar-refractivity contribution in [2.24, 2.45) is 0 Å². The highest BCUT2D eigenvalue weighted by atomic mass is 16.4. The van der Waals surface area contributed by atoms with Gasteiger partial charge in [-0.3, -0.25) is 0 Å². The van der Waals surface area contributed by atoms with Gasteiger partial charge in [-0.1, -0.05) is 12.1 Å². The molecular weight excluding hydrogens is 240 g/mol. The van der Waals surface area contributed by atoms with Crippen LogP contribution in [0.2, 0.25) is 0 Å². The number of aromatic nitrogens is 1. The minimum absolute atomic E-state index is 0.339. The van der Waals surface area contributed by atoms with Crippen molar-refractivity contribution in [1.82, 2.24) is 4.57 Å². The van der Waals surface area contributed by atoms with Gasteiger partial charge in [-0.15, -0.1) is 0 Å². The van der Waals surface area contributed by atoms with Gasteiger partial charge in [0.15, 0.2) is 0 Å². The highest BCUT2D eigenvalue weighted by Crippen LogP contribution is 2.17. The highest BCUT2D eigenvalue weighted by Gasteiger charge is 2.14. The molecule has 0 amide bonds. The van der Waals surface area contributed by atoms with Crippen LogP contribution in [0.5, 0.6) is 0 Å². The van der Waals surface area contributed by atoms with Crippen LogP contribution in [0, 0.1) is 25.2 Å². The molecule has 0 aliphatic heterocycles. The summed E-state index contributed by atoms with van der Waals surface area (Å²) in [5.41, 5.74) is 3.66. The monoisotopic (exact) mass is 254 g/mol. The lowest BCUT2D eigenvalue weighted by Gasteiger charge is -2.09. The van der Waals surface area contributed by atoms with E-state index in [0.29, 0.717) is 17.7 Å². The summed E-state index contributed by atoms with van der Waals surface area (Å²) in [6.07, 6.45) is 0. The van der Waals surface area contributed by atoms with Gasteiger partial charge in [-0.2, -0.15) is 5.26 Å². The summed E-state index contributed by atoms with van der Waals surface area (Å²) < 4.78 is 1.96. The van der Waals surface area contributed by atoms with Crippen LogP contribution in [0.15, 0.2) is 30.3 Å². The van der Waals surface area contributed by atoms with Crippen LogP contribution in [-0.4, -0.2) is 15.6 Å². The van der Waals surface area contributed by atoms with Gasteiger partial charge in [-0.05, 0) is 37.6 Å². The topological polar surface area (TPSA) is 66.0 Å². The van der Waals surface area contributed by atoms with Crippen molar-refractivity contribution in [3.8, 4) is 6.07 Å². The Morgan fingerprint density at radius 2 is 1.95 bits per heavy atom. The summed E-state index contributed by atoms with van der Waals surface area (Å²) in [6.45, 7) is 4.31. The molecule has 0 unspecified atom stereocenters. The maximum absolute atomic E-state index is 11.1. The van der Waals surface area contributed by atoms with Crippen molar-refractivity contribution in [3.05, 3.63) is 58.4 Å². The lowest BCUT2D eigenvalue weighted by Crippen LogP contribution is -2.05. The molecule has 0 radical (unpaired) electrons. The molecule has 0 atom stereocenters. The number of carboxylic acids is 1. The quantitative estimate of drug-likeness (QED) is 0.915. The molecular formula is C15H14N2O2. The second kappa shape index (κ2) is 4.99. The Labute approximate surface area is 111 Å². The molecule has 0 aliphatic carbocycles. The molecule has 0 aliphatic rings. The smallest absolute Gasteiger partial charge is 0.337 e. The lowest BCUT2D eigenvalue weighted by atomic mass is 10.1. The standard InChI is InChI=1S/C15H14N2O2/c1-10-7-14(15(18)19)11(2)17(10)9-13-5-3-12(8-16)4-6-13/h3-7H,9H2,1-2H3,(H,18,19). The first-order chi connectivity index (χ1) is 9.02. The fourth-order valence-corrected chi connectivity index (χ4v) is 2.13. The number of carboxylic acid groups (broad SMARTS) is 1. The van der Waals surface area contributed by atoms with Crippen LogP contribution in [-0.2, 0) is 6.54 Å². The van der Waals surface area contributed by atoms with Gasteiger partial charge in [0, 0.05) is 17.9 Å². The molecule has 96 valence electrons. The number of hydrogen-bond donors (Lipinski definition) is 1. The molecule has 1 aromatic carbocycles. The van der Waals surface area contributed by atoms with E-state index in [9.17, 15) is 4.79 Å². The van der Waals surface area contributed by atoms with Crippen LogP contribution in [0.3, 0.4) is 0 Å². The van der Waals surface area contributed by atoms with E-state index in [1.807, 2.05) is 23.6 Å². The summed E-state index contributed by atoms with van der Waals surface area (Å²) in [7, 11) is 0. The predicted molar refractivity (Wildman–Crippen MR) is 71.1 cm³/mol. The number of nitrogens with zero attached hydrogens (tertiary/aromatic N) is 2. The Kier molecular flexibility index (Phi) is 3.39. The minimum Gasteiger partial charge on any atom is -0.478 e. The Balaban J connectivity index is 2.33. The number of aromatic carboxylic acids is 1. The second-order valence-corrected chi connectivity index (χ2v) is 4.48. The van der Waals surface area contributed by atoms with Gasteiger partial charge in [0.1, 0.15) is 0 Å². The number of aryl methyl sites for hydroxylation is 1. The van der Waals surface area contributed by atoms with Crippen LogP contribution >= 0.6 is 0 Å². The van der Waals surface area contributed by atoms with Gasteiger partial charge < -0.3 is 9.67 Å². The van der Waals surface area contributed by atoms with E-state index in [4.69, 9.17) is 10.4 Å². The molecule has 4 nitrogen and oxygen atoms in total. The Morgan fingerprint density at radius 3 is 2.42 bits per heavy atom. The largest absolute Gasteiger partial charge is 0.478 e. The molecule has 2 rings (SSSR count). The molecule has 4 heteroatoms. The van der Waals surface area contributed by atoms with E-state index in [1.54, 1.807) is 25.1 Å². The summed E-state index contributed by atoms with van der Waals surface area (Å²) in [4.78, 5) is 11.1. The maximum atomic E-state index is 11.1. The molecule has 0 spiro atoms. The first kappa shape index (κ1) is 12.9. The first-order valence-electron chi connectivity index (χ1n) is 5.92. The molecule has 0 saturated heterocycles. The third-order valence-corrected chi connectivity index (χ3v) is 3.23. The van der Waals surface area contributed by atoms with Crippen molar-refractivity contribution >= 4 is 5.97 Å². The average Bonchev–Trinajstić information content (AvgIpc) is 2.68. The fraction of sp³-hybridized carbons (Fsp3) is 0.200. The van der Waals surface area contributed by atoms with Crippen LogP contribution in [0.1, 0.15) is 32.9 Å². The third kappa shape index (κ3) is 2.50. The van der Waals surface area contributed by atoms with Gasteiger partial charge >= 0.3 is 5.97 Å². The molecule has 0 bridgehead atoms. The zero-order valence-electron chi connectivity index (χ0n) is 10.8. The zero-order valence-corrected chi connectivity index (χ0v) is 10.8. The minimum atomic E-state index is -0.904. The Bertz CT molecular complexity index is 661. The zero-order chi connectivity index (χ0) is 14.0. The first-order valence-corrected chi connectivity index (χ1v) is 5.92. The average molecular weight is 254 g/mol. The molecule has 19 heavy (non-hydrogen) atoms. The van der Waals surface area contributed by atoms with E-state index in [-0.39, 0.29) is 0 Å². The summed E-state index contributed by atoms with van der Waals surface area (Å²) in [5.74, 6) is -0.904. The van der Waals surface area contributed by atoms with Crippen LogP contribution in [0.25, 0.3) is 0 Å². The van der Waals surface area contributed by atoms with E-state index in [2.05, 4.69) is 6.07 Å². The van der Waals surface area contributed by atoms with E-state index in [1.165, 1.54) is 0 Å². The van der Waals surface area contributed by atoms with Crippen molar-refractivity contribution in [1.29, 1.82) is 5.26 Å². The SMILES string of the molecule is Cc1cc(C(=O)O)c(C)n1Cc1ccc(C#N)cc1. The molecule has 2 aromatic rings. The van der Waals surface area contributed by atoms with E-state index < -0.39 is 5.97 Å². The third-order valence-electron chi connectivity index (χ3n) is 3.23. The molecule has 0 fully saturated rings. The second-order valence-electron chi connectivity index (χ2n) is 4.48. The Hall–Kier alpha value is -2.54. The maximum Gasteiger partial charge on any atom is 0.337 e. The number of nitriles is 1. The van der Waals surface area contributed by atoms with Gasteiger partial charge in [-0.25, -0.2) is 4.79 Å². The Morgan fingerprint density at radius 1 is 1.32 bits per heavy atom. The predicted octanol–water partition coefficient (Wildman–Crippen LogP) is 2.72. The van der Waals surface area contributed by atoms with Crippen LogP contribution < -0.4 is 0 Å². The van der Waals surface area contributed by atoms with E-state index >= 15 is 0 Å². The molecule has 1 aromatic heterocycles. The van der Waals surface area contributed by atoms with Crippen molar-refractivity contribution in [2.45, 2.75) is 20.4 Å². The highest BCUT2D eigenvalue weighted by molar-refractivity contribution is 5.89. The van der Waals surface area contributed by atoms with Crippen molar-refractivity contribution < 1.29 is 9.90 Å². The lowest BCUT2D eigenvalue weighted by molar-refractivity contribution is 0.0696. The summed E-state index contributed by atoms with van der Waals surface area (Å²) in [5, 5.41) is 17.8. The van der Waals surface area contributed by atoms with Gasteiger partial charge in [0.05, 0.1) is 17.2 Å². The fourth-order valence-electron chi connectivity index (χ4n) is 2.13. The van der Waals surface area contributed by atoms with E-state index in [0.717, 1.165) is 17.0 Å². The number of benzene rings is 1. The molecule has 0 saturated carbocycles. The van der Waals surface area contributed by atoms with Crippen molar-refractivity contribution in [3.63, 3.8) is 0 Å². The van der Waals surface area contributed by atoms with Gasteiger partial charge in [0.2, 0.25) is 0 Å².